The van der Waals surface area contributed by atoms with Crippen LogP contribution in [0.2, 0.25) is 0 Å². The Morgan fingerprint density at radius 3 is 2.60 bits per heavy atom. The van der Waals surface area contributed by atoms with Gasteiger partial charge in [0.05, 0.1) is 17.5 Å². The summed E-state index contributed by atoms with van der Waals surface area (Å²) in [6.45, 7) is 4.50. The van der Waals surface area contributed by atoms with E-state index in [1.165, 1.54) is 22.2 Å². The number of hydrogen-bond acceptors (Lipinski definition) is 7. The number of amides is 3. The molecule has 1 aromatic heterocycles. The Morgan fingerprint density at radius 1 is 1.07 bits per heavy atom. The maximum atomic E-state index is 13.6. The molecule has 3 amide bonds. The molecule has 206 valence electrons. The number of para-hydroxylation sites is 1. The summed E-state index contributed by atoms with van der Waals surface area (Å²) in [5, 5.41) is 7.83. The number of nitrogens with one attached hydrogen (secondary N) is 2. The van der Waals surface area contributed by atoms with Gasteiger partial charge in [0.15, 0.2) is 5.17 Å². The molecule has 2 atom stereocenters. The molecular weight excluding hydrogens is 542 g/mol. The minimum atomic E-state index is -0.689. The van der Waals surface area contributed by atoms with Crippen molar-refractivity contribution in [1.82, 2.24) is 10.2 Å². The normalized spacial score (nSPS) is 16.5. The summed E-state index contributed by atoms with van der Waals surface area (Å²) >= 11 is 2.85. The van der Waals surface area contributed by atoms with E-state index in [0.717, 1.165) is 22.5 Å². The molecule has 2 aromatic carbocycles. The van der Waals surface area contributed by atoms with Gasteiger partial charge < -0.3 is 10.6 Å². The van der Waals surface area contributed by atoms with Gasteiger partial charge in [-0.05, 0) is 60.5 Å². The van der Waals surface area contributed by atoms with Crippen molar-refractivity contribution in [1.29, 1.82) is 0 Å². The maximum Gasteiger partial charge on any atom is 0.259 e. The SMILES string of the molecule is CCc1ccc(NC(=O)[C@@H](CC)SC2=Nc3ccccc3C3=N[C@@H](CCC(=O)NCc4cccs4)C(=O)N23)cc1. The van der Waals surface area contributed by atoms with Gasteiger partial charge in [-0.2, -0.15) is 0 Å². The highest BCUT2D eigenvalue weighted by molar-refractivity contribution is 8.15. The summed E-state index contributed by atoms with van der Waals surface area (Å²) in [6.07, 6.45) is 1.95. The third-order valence-corrected chi connectivity index (χ3v) is 8.97. The molecule has 0 aliphatic carbocycles. The Bertz CT molecular complexity index is 1450. The van der Waals surface area contributed by atoms with Gasteiger partial charge in [0.1, 0.15) is 11.9 Å². The van der Waals surface area contributed by atoms with Crippen molar-refractivity contribution in [3.8, 4) is 0 Å². The highest BCUT2D eigenvalue weighted by Gasteiger charge is 2.42. The topological polar surface area (TPSA) is 103 Å². The number of amidine groups is 2. The zero-order valence-corrected chi connectivity index (χ0v) is 24.1. The number of fused-ring (bicyclic) bond motifs is 3. The van der Waals surface area contributed by atoms with Gasteiger partial charge in [-0.3, -0.25) is 19.4 Å². The van der Waals surface area contributed by atoms with Gasteiger partial charge in [0.2, 0.25) is 11.8 Å². The Kier molecular flexibility index (Phi) is 8.76. The fourth-order valence-electron chi connectivity index (χ4n) is 4.52. The van der Waals surface area contributed by atoms with Crippen LogP contribution in [-0.2, 0) is 27.3 Å². The standard InChI is InChI=1S/C30H31N5O3S2/c1-3-19-11-13-20(14-12-19)32-28(37)25(4-2)40-30-34-23-10-6-5-9-22(23)27-33-24(29(38)35(27)30)15-16-26(36)31-18-21-8-7-17-39-21/h5-14,17,24-25H,3-4,15-16,18H2,1-2H3,(H,31,36)(H,32,37)/t24-,25+/m0/s1. The van der Waals surface area contributed by atoms with E-state index < -0.39 is 11.3 Å². The van der Waals surface area contributed by atoms with Crippen LogP contribution in [0.5, 0.6) is 0 Å². The average molecular weight is 574 g/mol. The number of carbonyl (C=O) groups is 3. The number of aryl methyl sites for hydroxylation is 1. The predicted octanol–water partition coefficient (Wildman–Crippen LogP) is 5.52. The van der Waals surface area contributed by atoms with Gasteiger partial charge in [0.25, 0.3) is 5.91 Å². The van der Waals surface area contributed by atoms with Gasteiger partial charge in [-0.1, -0.05) is 55.9 Å². The molecule has 0 radical (unpaired) electrons. The van der Waals surface area contributed by atoms with Crippen LogP contribution in [0.25, 0.3) is 0 Å². The summed E-state index contributed by atoms with van der Waals surface area (Å²) in [7, 11) is 0. The number of thiophene rings is 1. The number of thioether (sulfide) groups is 1. The van der Waals surface area contributed by atoms with Gasteiger partial charge in [-0.15, -0.1) is 11.3 Å². The van der Waals surface area contributed by atoms with Crippen molar-refractivity contribution in [3.63, 3.8) is 0 Å². The van der Waals surface area contributed by atoms with Gasteiger partial charge in [0, 0.05) is 22.5 Å². The minimum Gasteiger partial charge on any atom is -0.351 e. The molecule has 0 spiro atoms. The minimum absolute atomic E-state index is 0.121. The molecule has 2 aliphatic heterocycles. The molecule has 10 heteroatoms. The third kappa shape index (κ3) is 6.18. The molecule has 0 saturated heterocycles. The first-order valence-electron chi connectivity index (χ1n) is 13.4. The highest BCUT2D eigenvalue weighted by Crippen LogP contribution is 2.36. The van der Waals surface area contributed by atoms with E-state index in [9.17, 15) is 14.4 Å². The van der Waals surface area contributed by atoms with E-state index in [0.29, 0.717) is 36.1 Å². The van der Waals surface area contributed by atoms with Crippen molar-refractivity contribution in [2.75, 3.05) is 5.32 Å². The number of aliphatic imine (C=N–C) groups is 2. The summed E-state index contributed by atoms with van der Waals surface area (Å²) in [6, 6.07) is 18.6. The van der Waals surface area contributed by atoms with Crippen molar-refractivity contribution in [2.45, 2.75) is 57.4 Å². The number of anilines is 1. The lowest BCUT2D eigenvalue weighted by molar-refractivity contribution is -0.125. The lowest BCUT2D eigenvalue weighted by Gasteiger charge is -2.27. The van der Waals surface area contributed by atoms with Crippen molar-refractivity contribution >= 4 is 63.2 Å². The van der Waals surface area contributed by atoms with Gasteiger partial charge >= 0.3 is 0 Å². The molecule has 40 heavy (non-hydrogen) atoms. The fraction of sp³-hybridized carbons (Fsp3) is 0.300. The van der Waals surface area contributed by atoms with Crippen molar-refractivity contribution in [3.05, 3.63) is 82.0 Å². The Labute approximate surface area is 242 Å². The van der Waals surface area contributed by atoms with E-state index in [1.54, 1.807) is 11.3 Å². The molecule has 2 aliphatic rings. The average Bonchev–Trinajstić information content (AvgIpc) is 3.62. The number of rotatable bonds is 10. The predicted molar refractivity (Wildman–Crippen MR) is 162 cm³/mol. The molecule has 3 heterocycles. The molecule has 3 aromatic rings. The zero-order chi connectivity index (χ0) is 28.1. The fourth-order valence-corrected chi connectivity index (χ4v) is 6.18. The van der Waals surface area contributed by atoms with E-state index in [2.05, 4.69) is 17.6 Å². The molecule has 0 fully saturated rings. The van der Waals surface area contributed by atoms with Crippen LogP contribution in [0.3, 0.4) is 0 Å². The molecule has 0 bridgehead atoms. The quantitative estimate of drug-likeness (QED) is 0.334. The summed E-state index contributed by atoms with van der Waals surface area (Å²) < 4.78 is 0. The van der Waals surface area contributed by atoms with Gasteiger partial charge in [-0.25, -0.2) is 9.89 Å². The van der Waals surface area contributed by atoms with Crippen LogP contribution >= 0.6 is 23.1 Å². The van der Waals surface area contributed by atoms with E-state index in [4.69, 9.17) is 9.98 Å². The summed E-state index contributed by atoms with van der Waals surface area (Å²) in [5.41, 5.74) is 3.39. The first-order chi connectivity index (χ1) is 19.5. The molecule has 0 unspecified atom stereocenters. The van der Waals surface area contributed by atoms with Crippen LogP contribution in [-0.4, -0.2) is 44.9 Å². The first kappa shape index (κ1) is 27.8. The second-order valence-corrected chi connectivity index (χ2v) is 11.7. The monoisotopic (exact) mass is 573 g/mol. The lowest BCUT2D eigenvalue weighted by Crippen LogP contribution is -2.42. The van der Waals surface area contributed by atoms with Crippen LogP contribution in [0.1, 0.15) is 49.1 Å². The summed E-state index contributed by atoms with van der Waals surface area (Å²) in [4.78, 5) is 51.4. The highest BCUT2D eigenvalue weighted by atomic mass is 32.2. The number of benzene rings is 2. The summed E-state index contributed by atoms with van der Waals surface area (Å²) in [5.74, 6) is 0.0202. The van der Waals surface area contributed by atoms with Crippen molar-refractivity contribution < 1.29 is 14.4 Å². The molecular formula is C30H31N5O3S2. The number of hydrogen-bond donors (Lipinski definition) is 2. The molecule has 2 N–H and O–H groups in total. The van der Waals surface area contributed by atoms with E-state index >= 15 is 0 Å². The van der Waals surface area contributed by atoms with E-state index in [-0.39, 0.29) is 24.1 Å². The lowest BCUT2D eigenvalue weighted by atomic mass is 10.1. The van der Waals surface area contributed by atoms with E-state index in [1.807, 2.05) is 73.0 Å². The Balaban J connectivity index is 1.29. The second-order valence-electron chi connectivity index (χ2n) is 9.50. The largest absolute Gasteiger partial charge is 0.351 e. The molecule has 5 rings (SSSR count). The first-order valence-corrected chi connectivity index (χ1v) is 15.2. The third-order valence-electron chi connectivity index (χ3n) is 6.77. The zero-order valence-electron chi connectivity index (χ0n) is 22.4. The molecule has 8 nitrogen and oxygen atoms in total. The van der Waals surface area contributed by atoms with Crippen LogP contribution in [0.15, 0.2) is 76.0 Å². The Hall–Kier alpha value is -3.76. The maximum absolute atomic E-state index is 13.6. The number of nitrogens with zero attached hydrogens (tertiary/aromatic N) is 3. The van der Waals surface area contributed by atoms with Crippen molar-refractivity contribution in [2.24, 2.45) is 9.98 Å². The molecule has 0 saturated carbocycles. The van der Waals surface area contributed by atoms with Crippen LogP contribution in [0.4, 0.5) is 11.4 Å². The number of carbonyl (C=O) groups excluding carboxylic acids is 3. The second kappa shape index (κ2) is 12.6. The van der Waals surface area contributed by atoms with Crippen LogP contribution in [0, 0.1) is 0 Å². The van der Waals surface area contributed by atoms with Crippen LogP contribution < -0.4 is 10.6 Å². The Morgan fingerprint density at radius 2 is 1.88 bits per heavy atom. The smallest absolute Gasteiger partial charge is 0.259 e.